The van der Waals surface area contributed by atoms with E-state index >= 15 is 0 Å². The molecule has 0 heterocycles. The third-order valence-corrected chi connectivity index (χ3v) is 3.22. The van der Waals surface area contributed by atoms with Crippen LogP contribution in [0.4, 0.5) is 0 Å². The first-order valence-corrected chi connectivity index (χ1v) is 5.74. The fraction of sp³-hybridized carbons (Fsp3) is 0. The highest BCUT2D eigenvalue weighted by molar-refractivity contribution is 6.24. The molecule has 0 aliphatic rings. The van der Waals surface area contributed by atoms with Gasteiger partial charge in [-0.25, -0.2) is 0 Å². The second kappa shape index (κ2) is 3.58. The minimum atomic E-state index is 0.985. The highest BCUT2D eigenvalue weighted by Gasteiger charge is 2.07. The van der Waals surface area contributed by atoms with Crippen molar-refractivity contribution in [1.29, 1.82) is 0 Å². The van der Waals surface area contributed by atoms with Gasteiger partial charge in [-0.1, -0.05) is 36.4 Å². The van der Waals surface area contributed by atoms with Crippen LogP contribution in [0, 0.1) is 36.4 Å². The van der Waals surface area contributed by atoms with Gasteiger partial charge in [-0.3, -0.25) is 0 Å². The van der Waals surface area contributed by atoms with Crippen LogP contribution < -0.4 is 0 Å². The summed E-state index contributed by atoms with van der Waals surface area (Å²) >= 11 is 0. The SMILES string of the molecule is [c]1[c][c]c2c([c]1)c1[c][c]ccc1c1ccccc21. The average Bonchev–Trinajstić information content (AvgIpc) is 2.48. The van der Waals surface area contributed by atoms with Crippen molar-refractivity contribution in [1.82, 2.24) is 0 Å². The quantitative estimate of drug-likeness (QED) is 0.395. The number of benzene rings is 4. The van der Waals surface area contributed by atoms with E-state index in [2.05, 4.69) is 54.6 Å². The maximum absolute atomic E-state index is 3.18. The maximum atomic E-state index is 3.18. The van der Waals surface area contributed by atoms with E-state index in [9.17, 15) is 0 Å². The molecule has 0 bridgehead atoms. The van der Waals surface area contributed by atoms with Crippen molar-refractivity contribution in [3.8, 4) is 0 Å². The molecule has 0 unspecified atom stereocenters. The molecular weight excluding hydrogens is 216 g/mol. The van der Waals surface area contributed by atoms with Crippen molar-refractivity contribution in [3.63, 3.8) is 0 Å². The Bertz CT molecular complexity index is 652. The van der Waals surface area contributed by atoms with Crippen molar-refractivity contribution in [2.45, 2.75) is 0 Å². The Morgan fingerprint density at radius 1 is 0.611 bits per heavy atom. The zero-order valence-electron chi connectivity index (χ0n) is 9.46. The van der Waals surface area contributed by atoms with Crippen LogP contribution in [0.3, 0.4) is 0 Å². The van der Waals surface area contributed by atoms with Gasteiger partial charge in [-0.2, -0.15) is 0 Å². The molecule has 0 aliphatic heterocycles. The third kappa shape index (κ3) is 1.20. The summed E-state index contributed by atoms with van der Waals surface area (Å²) in [5, 5.41) is 6.57. The van der Waals surface area contributed by atoms with E-state index in [0.29, 0.717) is 0 Å². The molecule has 6 radical (unpaired) electrons. The van der Waals surface area contributed by atoms with Crippen LogP contribution in [0.25, 0.3) is 32.3 Å². The van der Waals surface area contributed by atoms with Crippen LogP contribution in [0.1, 0.15) is 0 Å². The molecular formula is C18H6. The normalized spacial score (nSPS) is 11.3. The number of hydrogen-bond acceptors (Lipinski definition) is 0. The molecule has 0 nitrogen and oxygen atoms in total. The summed E-state index contributed by atoms with van der Waals surface area (Å²) in [5.74, 6) is 0. The summed E-state index contributed by atoms with van der Waals surface area (Å²) in [6.45, 7) is 0. The molecule has 0 aromatic heterocycles. The van der Waals surface area contributed by atoms with Crippen molar-refractivity contribution in [3.05, 3.63) is 72.8 Å². The van der Waals surface area contributed by atoms with Gasteiger partial charge in [-0.05, 0) is 68.7 Å². The molecule has 4 aromatic rings. The van der Waals surface area contributed by atoms with Crippen molar-refractivity contribution < 1.29 is 0 Å². The predicted octanol–water partition coefficient (Wildman–Crippen LogP) is 3.95. The average molecular weight is 222 g/mol. The molecule has 0 aliphatic carbocycles. The Morgan fingerprint density at radius 3 is 2.17 bits per heavy atom. The predicted molar refractivity (Wildman–Crippen MR) is 72.0 cm³/mol. The van der Waals surface area contributed by atoms with Gasteiger partial charge in [0.15, 0.2) is 0 Å². The Hall–Kier alpha value is -2.34. The monoisotopic (exact) mass is 222 g/mol. The first kappa shape index (κ1) is 9.67. The highest BCUT2D eigenvalue weighted by atomic mass is 14.1. The minimum absolute atomic E-state index is 0.985. The van der Waals surface area contributed by atoms with Crippen LogP contribution in [0.2, 0.25) is 0 Å². The molecule has 0 saturated heterocycles. The summed E-state index contributed by atoms with van der Waals surface area (Å²) in [6.07, 6.45) is 0. The minimum Gasteiger partial charge on any atom is -0.0616 e. The van der Waals surface area contributed by atoms with Gasteiger partial charge in [0, 0.05) is 0 Å². The van der Waals surface area contributed by atoms with Crippen molar-refractivity contribution in [2.75, 3.05) is 0 Å². The summed E-state index contributed by atoms with van der Waals surface area (Å²) < 4.78 is 0. The Labute approximate surface area is 105 Å². The molecule has 0 N–H and O–H groups in total. The van der Waals surface area contributed by atoms with Gasteiger partial charge in [0.25, 0.3) is 0 Å². The number of fused-ring (bicyclic) bond motifs is 6. The van der Waals surface area contributed by atoms with Crippen molar-refractivity contribution >= 4 is 32.3 Å². The van der Waals surface area contributed by atoms with Gasteiger partial charge in [-0.15, -0.1) is 0 Å². The molecule has 0 spiro atoms. The lowest BCUT2D eigenvalue weighted by Gasteiger charge is -2.08. The Balaban J connectivity index is 2.46. The van der Waals surface area contributed by atoms with E-state index in [1.54, 1.807) is 0 Å². The van der Waals surface area contributed by atoms with E-state index in [4.69, 9.17) is 0 Å². The van der Waals surface area contributed by atoms with E-state index < -0.39 is 0 Å². The van der Waals surface area contributed by atoms with Crippen LogP contribution in [-0.2, 0) is 0 Å². The van der Waals surface area contributed by atoms with E-state index in [1.807, 2.05) is 18.2 Å². The summed E-state index contributed by atoms with van der Waals surface area (Å²) in [5.41, 5.74) is 0. The lowest BCUT2D eigenvalue weighted by Crippen LogP contribution is -1.83. The first-order valence-electron chi connectivity index (χ1n) is 5.74. The number of hydrogen-bond donors (Lipinski definition) is 0. The second-order valence-electron chi connectivity index (χ2n) is 4.19. The topological polar surface area (TPSA) is 0 Å². The second-order valence-corrected chi connectivity index (χ2v) is 4.19. The van der Waals surface area contributed by atoms with Crippen LogP contribution in [0.15, 0.2) is 36.4 Å². The molecule has 18 heavy (non-hydrogen) atoms. The van der Waals surface area contributed by atoms with E-state index in [-0.39, 0.29) is 0 Å². The standard InChI is InChI=1S/C18H6/c1-2-8-14-13(7-1)15-9-3-4-11-17(15)18-12-6-5-10-16(14)18/h1-3,7-9H. The lowest BCUT2D eigenvalue weighted by atomic mass is 9.95. The van der Waals surface area contributed by atoms with Gasteiger partial charge in [0.2, 0.25) is 0 Å². The zero-order valence-corrected chi connectivity index (χ0v) is 9.46. The van der Waals surface area contributed by atoms with Crippen LogP contribution >= 0.6 is 0 Å². The van der Waals surface area contributed by atoms with Gasteiger partial charge in [0.05, 0.1) is 0 Å². The summed E-state index contributed by atoms with van der Waals surface area (Å²) in [7, 11) is 0. The van der Waals surface area contributed by atoms with Crippen LogP contribution in [0.5, 0.6) is 0 Å². The molecule has 78 valence electrons. The Kier molecular flexibility index (Phi) is 1.92. The van der Waals surface area contributed by atoms with Gasteiger partial charge < -0.3 is 0 Å². The first-order chi connectivity index (χ1) is 8.95. The molecule has 0 heteroatoms. The van der Waals surface area contributed by atoms with Crippen LogP contribution in [-0.4, -0.2) is 0 Å². The van der Waals surface area contributed by atoms with Gasteiger partial charge >= 0.3 is 0 Å². The van der Waals surface area contributed by atoms with Crippen molar-refractivity contribution in [2.24, 2.45) is 0 Å². The number of rotatable bonds is 0. The van der Waals surface area contributed by atoms with E-state index in [0.717, 1.165) is 16.2 Å². The smallest absolute Gasteiger partial charge is 0.00000000886 e. The highest BCUT2D eigenvalue weighted by Crippen LogP contribution is 2.33. The Morgan fingerprint density at radius 2 is 1.28 bits per heavy atom. The molecule has 0 amide bonds. The molecule has 0 fully saturated rings. The largest absolute Gasteiger partial charge is 0.0616 e. The summed E-state index contributed by atoms with van der Waals surface area (Å²) in [4.78, 5) is 0. The fourth-order valence-electron chi connectivity index (χ4n) is 2.45. The fourth-order valence-corrected chi connectivity index (χ4v) is 2.45. The molecule has 0 saturated carbocycles. The van der Waals surface area contributed by atoms with Gasteiger partial charge in [0.1, 0.15) is 0 Å². The van der Waals surface area contributed by atoms with E-state index in [1.165, 1.54) is 16.2 Å². The lowest BCUT2D eigenvalue weighted by molar-refractivity contribution is 1.72. The molecule has 4 rings (SSSR count). The molecule has 4 aromatic carbocycles. The zero-order chi connectivity index (χ0) is 11.9. The third-order valence-electron chi connectivity index (χ3n) is 3.22. The summed E-state index contributed by atoms with van der Waals surface area (Å²) in [6, 6.07) is 30.4. The maximum Gasteiger partial charge on any atom is -0.00000000886 e. The molecule has 0 atom stereocenters.